The Morgan fingerprint density at radius 1 is 1.14 bits per heavy atom. The summed E-state index contributed by atoms with van der Waals surface area (Å²) < 4.78 is 5.56. The summed E-state index contributed by atoms with van der Waals surface area (Å²) in [4.78, 5) is 25.8. The van der Waals surface area contributed by atoms with E-state index in [9.17, 15) is 9.59 Å². The van der Waals surface area contributed by atoms with Crippen molar-refractivity contribution in [2.24, 2.45) is 11.7 Å². The van der Waals surface area contributed by atoms with Gasteiger partial charge in [0.25, 0.3) is 0 Å². The van der Waals surface area contributed by atoms with Crippen LogP contribution in [0.1, 0.15) is 25.3 Å². The van der Waals surface area contributed by atoms with Crippen molar-refractivity contribution in [3.05, 3.63) is 60.2 Å². The van der Waals surface area contributed by atoms with Crippen LogP contribution in [-0.2, 0) is 9.59 Å². The lowest BCUT2D eigenvalue weighted by molar-refractivity contribution is -0.122. The zero-order valence-electron chi connectivity index (χ0n) is 16.6. The van der Waals surface area contributed by atoms with Gasteiger partial charge in [-0.25, -0.2) is 0 Å². The van der Waals surface area contributed by atoms with Gasteiger partial charge in [-0.2, -0.15) is 0 Å². The molecular weight excluding hydrogens is 366 g/mol. The molecule has 0 saturated carbocycles. The number of amides is 2. The molecule has 0 aromatic heterocycles. The standard InChI is InChI=1S/C23H27N3O3/c1-2-29-21-6-4-3-5-17(21)7-12-22(27)25-19-8-10-20(11-9-19)26-15-13-18(14-16-26)23(24)28/h3-12,18H,2,13-16H2,1H3,(H2,24,28)(H,25,27)/b12-7+. The van der Waals surface area contributed by atoms with Crippen LogP contribution in [0.3, 0.4) is 0 Å². The summed E-state index contributed by atoms with van der Waals surface area (Å²) in [5.41, 5.74) is 8.06. The molecule has 152 valence electrons. The van der Waals surface area contributed by atoms with Crippen molar-refractivity contribution in [1.82, 2.24) is 0 Å². The number of piperidine rings is 1. The predicted molar refractivity (Wildman–Crippen MR) is 116 cm³/mol. The fraction of sp³-hybridized carbons (Fsp3) is 0.304. The van der Waals surface area contributed by atoms with E-state index in [-0.39, 0.29) is 17.7 Å². The third-order valence-electron chi connectivity index (χ3n) is 5.03. The lowest BCUT2D eigenvalue weighted by Crippen LogP contribution is -2.38. The third-order valence-corrected chi connectivity index (χ3v) is 5.03. The van der Waals surface area contributed by atoms with Gasteiger partial charge in [0.05, 0.1) is 6.61 Å². The molecule has 0 radical (unpaired) electrons. The van der Waals surface area contributed by atoms with Crippen molar-refractivity contribution in [2.45, 2.75) is 19.8 Å². The molecule has 2 amide bonds. The van der Waals surface area contributed by atoms with Gasteiger partial charge in [-0.15, -0.1) is 0 Å². The molecule has 0 aliphatic carbocycles. The van der Waals surface area contributed by atoms with E-state index in [0.29, 0.717) is 6.61 Å². The number of benzene rings is 2. The number of carbonyl (C=O) groups excluding carboxylic acids is 2. The molecule has 1 aliphatic heterocycles. The topological polar surface area (TPSA) is 84.7 Å². The van der Waals surface area contributed by atoms with Crippen molar-refractivity contribution in [3.63, 3.8) is 0 Å². The number of anilines is 2. The first-order valence-corrected chi connectivity index (χ1v) is 9.92. The fourth-order valence-electron chi connectivity index (χ4n) is 3.43. The Bertz CT molecular complexity index is 869. The third kappa shape index (κ3) is 5.60. The van der Waals surface area contributed by atoms with E-state index in [2.05, 4.69) is 10.2 Å². The van der Waals surface area contributed by atoms with Gasteiger partial charge in [-0.3, -0.25) is 9.59 Å². The second-order valence-electron chi connectivity index (χ2n) is 7.00. The highest BCUT2D eigenvalue weighted by atomic mass is 16.5. The number of nitrogens with one attached hydrogen (secondary N) is 1. The first kappa shape index (κ1) is 20.5. The molecule has 3 rings (SSSR count). The molecule has 2 aromatic rings. The molecular formula is C23H27N3O3. The molecule has 6 heteroatoms. The quantitative estimate of drug-likeness (QED) is 0.706. The second kappa shape index (κ2) is 9.78. The lowest BCUT2D eigenvalue weighted by Gasteiger charge is -2.32. The first-order valence-electron chi connectivity index (χ1n) is 9.92. The van der Waals surface area contributed by atoms with Gasteiger partial charge in [0.2, 0.25) is 11.8 Å². The lowest BCUT2D eigenvalue weighted by atomic mass is 9.96. The van der Waals surface area contributed by atoms with Gasteiger partial charge in [0, 0.05) is 42.0 Å². The number of carbonyl (C=O) groups is 2. The van der Waals surface area contributed by atoms with Crippen molar-refractivity contribution in [1.29, 1.82) is 0 Å². The maximum atomic E-state index is 12.2. The Balaban J connectivity index is 1.56. The number of nitrogens with zero attached hydrogens (tertiary/aromatic N) is 1. The molecule has 3 N–H and O–H groups in total. The van der Waals surface area contributed by atoms with Crippen LogP contribution in [-0.4, -0.2) is 31.5 Å². The molecule has 0 atom stereocenters. The maximum Gasteiger partial charge on any atom is 0.248 e. The van der Waals surface area contributed by atoms with Gasteiger partial charge in [0.15, 0.2) is 0 Å². The van der Waals surface area contributed by atoms with Crippen LogP contribution < -0.4 is 20.7 Å². The number of para-hydroxylation sites is 1. The minimum Gasteiger partial charge on any atom is -0.493 e. The Labute approximate surface area is 171 Å². The molecule has 1 heterocycles. The first-order chi connectivity index (χ1) is 14.1. The molecule has 6 nitrogen and oxygen atoms in total. The van der Waals surface area contributed by atoms with E-state index in [0.717, 1.165) is 48.6 Å². The minimum atomic E-state index is -0.209. The normalized spacial score (nSPS) is 14.7. The van der Waals surface area contributed by atoms with E-state index in [4.69, 9.17) is 10.5 Å². The summed E-state index contributed by atoms with van der Waals surface area (Å²) in [5, 5.41) is 2.87. The molecule has 0 spiro atoms. The van der Waals surface area contributed by atoms with Gasteiger partial charge in [-0.1, -0.05) is 18.2 Å². The number of hydrogen-bond donors (Lipinski definition) is 2. The molecule has 1 fully saturated rings. The smallest absolute Gasteiger partial charge is 0.248 e. The Morgan fingerprint density at radius 2 is 1.83 bits per heavy atom. The largest absolute Gasteiger partial charge is 0.493 e. The van der Waals surface area contributed by atoms with Gasteiger partial charge in [0.1, 0.15) is 5.75 Å². The fourth-order valence-corrected chi connectivity index (χ4v) is 3.43. The number of rotatable bonds is 7. The van der Waals surface area contributed by atoms with Crippen LogP contribution in [0, 0.1) is 5.92 Å². The van der Waals surface area contributed by atoms with Crippen LogP contribution >= 0.6 is 0 Å². The zero-order chi connectivity index (χ0) is 20.6. The van der Waals surface area contributed by atoms with E-state index in [1.807, 2.05) is 55.5 Å². The van der Waals surface area contributed by atoms with Crippen LogP contribution in [0.2, 0.25) is 0 Å². The summed E-state index contributed by atoms with van der Waals surface area (Å²) in [6.07, 6.45) is 4.81. The van der Waals surface area contributed by atoms with Crippen LogP contribution in [0.5, 0.6) is 5.75 Å². The molecule has 2 aromatic carbocycles. The van der Waals surface area contributed by atoms with Crippen molar-refractivity contribution in [3.8, 4) is 5.75 Å². The average Bonchev–Trinajstić information content (AvgIpc) is 2.74. The summed E-state index contributed by atoms with van der Waals surface area (Å²) in [7, 11) is 0. The van der Waals surface area contributed by atoms with Crippen LogP contribution in [0.25, 0.3) is 6.08 Å². The highest BCUT2D eigenvalue weighted by Gasteiger charge is 2.23. The Morgan fingerprint density at radius 3 is 2.48 bits per heavy atom. The molecule has 0 bridgehead atoms. The van der Waals surface area contributed by atoms with Gasteiger partial charge >= 0.3 is 0 Å². The van der Waals surface area contributed by atoms with E-state index >= 15 is 0 Å². The van der Waals surface area contributed by atoms with E-state index in [1.165, 1.54) is 6.08 Å². The SMILES string of the molecule is CCOc1ccccc1/C=C/C(=O)Nc1ccc(N2CCC(C(N)=O)CC2)cc1. The maximum absolute atomic E-state index is 12.2. The van der Waals surface area contributed by atoms with Crippen LogP contribution in [0.4, 0.5) is 11.4 Å². The summed E-state index contributed by atoms with van der Waals surface area (Å²) in [5.74, 6) is 0.318. The van der Waals surface area contributed by atoms with Crippen molar-refractivity contribution < 1.29 is 14.3 Å². The number of hydrogen-bond acceptors (Lipinski definition) is 4. The second-order valence-corrected chi connectivity index (χ2v) is 7.00. The average molecular weight is 393 g/mol. The van der Waals surface area contributed by atoms with E-state index in [1.54, 1.807) is 6.08 Å². The Kier molecular flexibility index (Phi) is 6.89. The molecule has 29 heavy (non-hydrogen) atoms. The molecule has 1 saturated heterocycles. The van der Waals surface area contributed by atoms with Gasteiger partial charge < -0.3 is 20.7 Å². The number of nitrogens with two attached hydrogens (primary N) is 1. The molecule has 1 aliphatic rings. The highest BCUT2D eigenvalue weighted by Crippen LogP contribution is 2.24. The number of primary amides is 1. The highest BCUT2D eigenvalue weighted by molar-refractivity contribution is 6.02. The summed E-state index contributed by atoms with van der Waals surface area (Å²) in [6, 6.07) is 15.3. The number of ether oxygens (including phenoxy) is 1. The summed E-state index contributed by atoms with van der Waals surface area (Å²) in [6.45, 7) is 4.11. The Hall–Kier alpha value is -3.28. The van der Waals surface area contributed by atoms with Crippen molar-refractivity contribution >= 4 is 29.3 Å². The zero-order valence-corrected chi connectivity index (χ0v) is 16.6. The van der Waals surface area contributed by atoms with Crippen molar-refractivity contribution in [2.75, 3.05) is 29.9 Å². The van der Waals surface area contributed by atoms with E-state index < -0.39 is 0 Å². The molecule has 0 unspecified atom stereocenters. The predicted octanol–water partition coefficient (Wildman–Crippen LogP) is 3.44. The summed E-state index contributed by atoms with van der Waals surface area (Å²) >= 11 is 0. The van der Waals surface area contributed by atoms with Crippen LogP contribution in [0.15, 0.2) is 54.6 Å². The monoisotopic (exact) mass is 393 g/mol. The minimum absolute atomic E-state index is 0.0237. The van der Waals surface area contributed by atoms with Gasteiger partial charge in [-0.05, 0) is 56.2 Å².